The van der Waals surface area contributed by atoms with Gasteiger partial charge in [0.25, 0.3) is 0 Å². The summed E-state index contributed by atoms with van der Waals surface area (Å²) in [4.78, 5) is 26.1. The van der Waals surface area contributed by atoms with Crippen molar-refractivity contribution < 1.29 is 28.9 Å². The van der Waals surface area contributed by atoms with Crippen molar-refractivity contribution in [3.8, 4) is 17.2 Å². The van der Waals surface area contributed by atoms with Gasteiger partial charge in [-0.3, -0.25) is 0 Å². The second-order valence-electron chi connectivity index (χ2n) is 9.04. The summed E-state index contributed by atoms with van der Waals surface area (Å²) in [5.41, 5.74) is 1.54. The van der Waals surface area contributed by atoms with Crippen LogP contribution >= 0.6 is 0 Å². The highest BCUT2D eigenvalue weighted by Gasteiger charge is 2.18. The van der Waals surface area contributed by atoms with Gasteiger partial charge in [-0.05, 0) is 67.4 Å². The van der Waals surface area contributed by atoms with Crippen molar-refractivity contribution in [2.45, 2.75) is 45.6 Å². The summed E-state index contributed by atoms with van der Waals surface area (Å²) in [5, 5.41) is 12.2. The molecule has 0 radical (unpaired) electrons. The molecule has 3 aromatic rings. The van der Waals surface area contributed by atoms with E-state index in [0.717, 1.165) is 30.6 Å². The third-order valence-electron chi connectivity index (χ3n) is 6.02. The molecule has 3 aromatic carbocycles. The Bertz CT molecular complexity index is 1140. The van der Waals surface area contributed by atoms with Crippen LogP contribution in [0.15, 0.2) is 78.9 Å². The van der Waals surface area contributed by atoms with Crippen LogP contribution in [0.5, 0.6) is 17.2 Å². The van der Waals surface area contributed by atoms with Crippen molar-refractivity contribution in [2.24, 2.45) is 0 Å². The van der Waals surface area contributed by atoms with Crippen molar-refractivity contribution in [1.82, 2.24) is 4.90 Å². The third-order valence-corrected chi connectivity index (χ3v) is 6.02. The maximum atomic E-state index is 13.0. The molecule has 0 saturated heterocycles. The number of carbonyl (C=O) groups is 2. The standard InChI is InChI=1S/C31H38N2O6/c1-3-5-9-20-33(21-22-38-26-16-12-24(13-17-26)23-29(30(34)35)37-4-2)31(36)32-25-14-18-28(19-15-25)39-27-10-7-6-8-11-27/h6-8,10-19,29H,3-5,9,20-23H2,1-2H3,(H,32,36)(H,34,35). The number of rotatable bonds is 16. The van der Waals surface area contributed by atoms with Crippen LogP contribution in [0.4, 0.5) is 10.5 Å². The fourth-order valence-corrected chi connectivity index (χ4v) is 3.93. The van der Waals surface area contributed by atoms with Crippen molar-refractivity contribution >= 4 is 17.7 Å². The van der Waals surface area contributed by atoms with Gasteiger partial charge < -0.3 is 29.5 Å². The first kappa shape index (κ1) is 29.5. The van der Waals surface area contributed by atoms with Gasteiger partial charge in [0, 0.05) is 25.3 Å². The number of anilines is 1. The second kappa shape index (κ2) is 16.0. The molecule has 0 heterocycles. The van der Waals surface area contributed by atoms with Gasteiger partial charge in [0.15, 0.2) is 6.10 Å². The number of nitrogens with zero attached hydrogens (tertiary/aromatic N) is 1. The number of benzene rings is 3. The monoisotopic (exact) mass is 534 g/mol. The maximum absolute atomic E-state index is 13.0. The summed E-state index contributed by atoms with van der Waals surface area (Å²) < 4.78 is 17.0. The maximum Gasteiger partial charge on any atom is 0.333 e. The Balaban J connectivity index is 1.51. The fourth-order valence-electron chi connectivity index (χ4n) is 3.93. The quantitative estimate of drug-likeness (QED) is 0.201. The highest BCUT2D eigenvalue weighted by molar-refractivity contribution is 5.89. The van der Waals surface area contributed by atoms with Crippen LogP contribution in [-0.4, -0.2) is 54.4 Å². The Morgan fingerprint density at radius 2 is 1.51 bits per heavy atom. The summed E-state index contributed by atoms with van der Waals surface area (Å²) >= 11 is 0. The minimum absolute atomic E-state index is 0.183. The van der Waals surface area contributed by atoms with E-state index in [2.05, 4.69) is 12.2 Å². The van der Waals surface area contributed by atoms with E-state index >= 15 is 0 Å². The van der Waals surface area contributed by atoms with Crippen LogP contribution in [0, 0.1) is 0 Å². The summed E-state index contributed by atoms with van der Waals surface area (Å²) in [6.45, 7) is 5.64. The number of carbonyl (C=O) groups excluding carboxylic acids is 1. The zero-order valence-electron chi connectivity index (χ0n) is 22.7. The number of unbranched alkanes of at least 4 members (excludes halogenated alkanes) is 2. The van der Waals surface area contributed by atoms with Gasteiger partial charge in [0.2, 0.25) is 0 Å². The van der Waals surface area contributed by atoms with Gasteiger partial charge in [0.1, 0.15) is 23.9 Å². The summed E-state index contributed by atoms with van der Waals surface area (Å²) in [7, 11) is 0. The van der Waals surface area contributed by atoms with Crippen molar-refractivity contribution in [2.75, 3.05) is 31.6 Å². The Hall–Kier alpha value is -4.04. The van der Waals surface area contributed by atoms with E-state index in [1.807, 2.05) is 66.7 Å². The van der Waals surface area contributed by atoms with E-state index in [1.165, 1.54) is 0 Å². The molecular formula is C31H38N2O6. The number of para-hydroxylation sites is 1. The zero-order valence-corrected chi connectivity index (χ0v) is 22.7. The Labute approximate surface area is 230 Å². The summed E-state index contributed by atoms with van der Waals surface area (Å²) in [5.74, 6) is 1.12. The van der Waals surface area contributed by atoms with Crippen LogP contribution in [0.2, 0.25) is 0 Å². The SMILES string of the molecule is CCCCCN(CCOc1ccc(CC(OCC)C(=O)O)cc1)C(=O)Nc1ccc(Oc2ccccc2)cc1. The summed E-state index contributed by atoms with van der Waals surface area (Å²) in [6, 6.07) is 23.9. The molecule has 0 aliphatic rings. The van der Waals surface area contributed by atoms with E-state index in [1.54, 1.807) is 24.0 Å². The molecule has 39 heavy (non-hydrogen) atoms. The largest absolute Gasteiger partial charge is 0.492 e. The highest BCUT2D eigenvalue weighted by atomic mass is 16.5. The average molecular weight is 535 g/mol. The first-order chi connectivity index (χ1) is 19.0. The minimum Gasteiger partial charge on any atom is -0.492 e. The number of amides is 2. The van der Waals surface area contributed by atoms with Gasteiger partial charge in [-0.1, -0.05) is 50.1 Å². The lowest BCUT2D eigenvalue weighted by molar-refractivity contribution is -0.149. The van der Waals surface area contributed by atoms with Gasteiger partial charge in [-0.2, -0.15) is 0 Å². The molecule has 0 spiro atoms. The number of carboxylic acids is 1. The number of ether oxygens (including phenoxy) is 3. The normalized spacial score (nSPS) is 11.4. The first-order valence-corrected chi connectivity index (χ1v) is 13.4. The van der Waals surface area contributed by atoms with Crippen LogP contribution in [0.1, 0.15) is 38.7 Å². The van der Waals surface area contributed by atoms with Gasteiger partial charge in [-0.15, -0.1) is 0 Å². The fraction of sp³-hybridized carbons (Fsp3) is 0.355. The van der Waals surface area contributed by atoms with Gasteiger partial charge in [0.05, 0.1) is 6.54 Å². The highest BCUT2D eigenvalue weighted by Crippen LogP contribution is 2.23. The molecule has 0 fully saturated rings. The number of hydrogen-bond donors (Lipinski definition) is 2. The molecule has 8 heteroatoms. The van der Waals surface area contributed by atoms with Crippen LogP contribution in [0.25, 0.3) is 0 Å². The zero-order chi connectivity index (χ0) is 27.9. The van der Waals surface area contributed by atoms with Crippen molar-refractivity contribution in [3.63, 3.8) is 0 Å². The molecule has 2 amide bonds. The molecule has 8 nitrogen and oxygen atoms in total. The molecular weight excluding hydrogens is 496 g/mol. The van der Waals surface area contributed by atoms with Gasteiger partial charge >= 0.3 is 12.0 Å². The van der Waals surface area contributed by atoms with E-state index in [9.17, 15) is 14.7 Å². The topological polar surface area (TPSA) is 97.3 Å². The molecule has 0 bridgehead atoms. The molecule has 208 valence electrons. The number of hydrogen-bond acceptors (Lipinski definition) is 5. The van der Waals surface area contributed by atoms with Gasteiger partial charge in [-0.25, -0.2) is 9.59 Å². The van der Waals surface area contributed by atoms with E-state index in [0.29, 0.717) is 43.5 Å². The number of nitrogens with one attached hydrogen (secondary N) is 1. The van der Waals surface area contributed by atoms with E-state index in [-0.39, 0.29) is 12.5 Å². The molecule has 2 N–H and O–H groups in total. The molecule has 3 rings (SSSR count). The van der Waals surface area contributed by atoms with Crippen LogP contribution < -0.4 is 14.8 Å². The lowest BCUT2D eigenvalue weighted by Gasteiger charge is -2.23. The smallest absolute Gasteiger partial charge is 0.333 e. The number of carboxylic acid groups (broad SMARTS) is 1. The molecule has 0 saturated carbocycles. The lowest BCUT2D eigenvalue weighted by Crippen LogP contribution is -2.38. The predicted octanol–water partition coefficient (Wildman–Crippen LogP) is 6.61. The minimum atomic E-state index is -0.977. The van der Waals surface area contributed by atoms with Crippen LogP contribution in [0.3, 0.4) is 0 Å². The molecule has 0 aliphatic heterocycles. The Kier molecular flexibility index (Phi) is 12.1. The van der Waals surface area contributed by atoms with E-state index in [4.69, 9.17) is 14.2 Å². The van der Waals surface area contributed by atoms with Crippen molar-refractivity contribution in [1.29, 1.82) is 0 Å². The molecule has 0 aromatic heterocycles. The number of aliphatic carboxylic acids is 1. The molecule has 0 aliphatic carbocycles. The predicted molar refractivity (Wildman–Crippen MR) is 152 cm³/mol. The third kappa shape index (κ3) is 10.3. The molecule has 1 unspecified atom stereocenters. The average Bonchev–Trinajstić information content (AvgIpc) is 2.94. The van der Waals surface area contributed by atoms with E-state index < -0.39 is 12.1 Å². The van der Waals surface area contributed by atoms with Crippen LogP contribution in [-0.2, 0) is 16.0 Å². The summed E-state index contributed by atoms with van der Waals surface area (Å²) in [6.07, 6.45) is 2.43. The number of urea groups is 1. The second-order valence-corrected chi connectivity index (χ2v) is 9.04. The Morgan fingerprint density at radius 1 is 0.846 bits per heavy atom. The lowest BCUT2D eigenvalue weighted by atomic mass is 10.1. The Morgan fingerprint density at radius 3 is 2.15 bits per heavy atom. The van der Waals surface area contributed by atoms with Crippen molar-refractivity contribution in [3.05, 3.63) is 84.4 Å². The molecule has 1 atom stereocenters. The first-order valence-electron chi connectivity index (χ1n) is 13.4.